The second kappa shape index (κ2) is 7.12. The first kappa shape index (κ1) is 17.2. The molecule has 8 heteroatoms. The minimum atomic E-state index is -3.18. The summed E-state index contributed by atoms with van der Waals surface area (Å²) >= 11 is 0. The monoisotopic (exact) mass is 357 g/mol. The molecule has 0 aliphatic carbocycles. The van der Waals surface area contributed by atoms with Crippen LogP contribution in [0.15, 0.2) is 59.5 Å². The fourth-order valence-corrected chi connectivity index (χ4v) is 3.08. The fraction of sp³-hybridized carbons (Fsp3) is 0.235. The van der Waals surface area contributed by atoms with Crippen molar-refractivity contribution >= 4 is 9.84 Å². The summed E-state index contributed by atoms with van der Waals surface area (Å²) in [6, 6.07) is 16.6. The van der Waals surface area contributed by atoms with Crippen LogP contribution in [0, 0.1) is 0 Å². The first-order valence-electron chi connectivity index (χ1n) is 7.81. The predicted octanol–water partition coefficient (Wildman–Crippen LogP) is 1.92. The number of tetrazole rings is 1. The summed E-state index contributed by atoms with van der Waals surface area (Å²) in [6.45, 7) is 2.49. The quantitative estimate of drug-likeness (QED) is 0.725. The predicted molar refractivity (Wildman–Crippen MR) is 94.0 cm³/mol. The van der Waals surface area contributed by atoms with Crippen LogP contribution < -0.4 is 5.32 Å². The van der Waals surface area contributed by atoms with Gasteiger partial charge in [0.25, 0.3) is 0 Å². The fourth-order valence-electron chi connectivity index (χ4n) is 2.45. The topological polar surface area (TPSA) is 89.8 Å². The van der Waals surface area contributed by atoms with E-state index < -0.39 is 9.84 Å². The van der Waals surface area contributed by atoms with Gasteiger partial charge in [0.1, 0.15) is 0 Å². The van der Waals surface area contributed by atoms with Gasteiger partial charge in [0.2, 0.25) is 0 Å². The van der Waals surface area contributed by atoms with Gasteiger partial charge in [0.05, 0.1) is 17.1 Å². The van der Waals surface area contributed by atoms with E-state index in [1.54, 1.807) is 16.8 Å². The van der Waals surface area contributed by atoms with Gasteiger partial charge >= 0.3 is 0 Å². The molecule has 2 aromatic carbocycles. The highest BCUT2D eigenvalue weighted by Crippen LogP contribution is 2.17. The maximum atomic E-state index is 11.5. The van der Waals surface area contributed by atoms with Crippen molar-refractivity contribution in [3.8, 4) is 5.69 Å². The number of aromatic nitrogens is 4. The molecule has 130 valence electrons. The van der Waals surface area contributed by atoms with E-state index in [9.17, 15) is 8.42 Å². The number of hydrogen-bond donors (Lipinski definition) is 1. The molecule has 0 bridgehead atoms. The Kier molecular flexibility index (Phi) is 4.91. The Bertz CT molecular complexity index is 937. The zero-order valence-corrected chi connectivity index (χ0v) is 14.8. The molecule has 0 aliphatic heterocycles. The van der Waals surface area contributed by atoms with Gasteiger partial charge in [0, 0.05) is 12.3 Å². The van der Waals surface area contributed by atoms with Crippen molar-refractivity contribution in [2.24, 2.45) is 0 Å². The average Bonchev–Trinajstić information content (AvgIpc) is 3.08. The summed E-state index contributed by atoms with van der Waals surface area (Å²) in [5, 5.41) is 15.2. The third-order valence-corrected chi connectivity index (χ3v) is 5.04. The second-order valence-corrected chi connectivity index (χ2v) is 7.80. The van der Waals surface area contributed by atoms with Crippen LogP contribution in [-0.2, 0) is 16.4 Å². The van der Waals surface area contributed by atoms with Crippen molar-refractivity contribution < 1.29 is 8.42 Å². The van der Waals surface area contributed by atoms with E-state index in [-0.39, 0.29) is 6.04 Å². The molecule has 0 spiro atoms. The van der Waals surface area contributed by atoms with E-state index >= 15 is 0 Å². The van der Waals surface area contributed by atoms with Crippen LogP contribution in [0.25, 0.3) is 5.69 Å². The van der Waals surface area contributed by atoms with Gasteiger partial charge in [-0.3, -0.25) is 0 Å². The number of benzene rings is 2. The van der Waals surface area contributed by atoms with Crippen molar-refractivity contribution in [3.05, 3.63) is 66.0 Å². The molecule has 1 N–H and O–H groups in total. The van der Waals surface area contributed by atoms with Crippen LogP contribution in [0.1, 0.15) is 24.4 Å². The minimum absolute atomic E-state index is 0.0227. The maximum Gasteiger partial charge on any atom is 0.175 e. The Morgan fingerprint density at radius 2 is 1.76 bits per heavy atom. The zero-order chi connectivity index (χ0) is 17.9. The zero-order valence-electron chi connectivity index (χ0n) is 14.0. The van der Waals surface area contributed by atoms with Crippen molar-refractivity contribution in [1.29, 1.82) is 0 Å². The first-order valence-corrected chi connectivity index (χ1v) is 9.70. The number of sulfone groups is 1. The molecule has 7 nitrogen and oxygen atoms in total. The van der Waals surface area contributed by atoms with Gasteiger partial charge in [-0.2, -0.15) is 4.68 Å². The lowest BCUT2D eigenvalue weighted by molar-refractivity contribution is 0.550. The van der Waals surface area contributed by atoms with Crippen LogP contribution >= 0.6 is 0 Å². The van der Waals surface area contributed by atoms with Crippen molar-refractivity contribution in [3.63, 3.8) is 0 Å². The van der Waals surface area contributed by atoms with Crippen molar-refractivity contribution in [2.75, 3.05) is 6.26 Å². The van der Waals surface area contributed by atoms with E-state index in [0.717, 1.165) is 11.3 Å². The van der Waals surface area contributed by atoms with E-state index in [1.807, 2.05) is 49.4 Å². The van der Waals surface area contributed by atoms with Gasteiger partial charge in [-0.25, -0.2) is 8.42 Å². The highest BCUT2D eigenvalue weighted by atomic mass is 32.2. The summed E-state index contributed by atoms with van der Waals surface area (Å²) in [6.07, 6.45) is 1.20. The molecule has 3 aromatic rings. The third kappa shape index (κ3) is 4.09. The number of nitrogens with one attached hydrogen (secondary N) is 1. The summed E-state index contributed by atoms with van der Waals surface area (Å²) in [5.74, 6) is 0.700. The lowest BCUT2D eigenvalue weighted by Crippen LogP contribution is -2.20. The molecule has 0 amide bonds. The standard InChI is InChI=1S/C17H19N5O2S/c1-13(14-8-10-16(11-9-14)25(2,23)24)18-12-17-19-20-21-22(17)15-6-4-3-5-7-15/h3-11,13,18H,12H2,1-2H3. The van der Waals surface area contributed by atoms with E-state index in [0.29, 0.717) is 17.3 Å². The highest BCUT2D eigenvalue weighted by molar-refractivity contribution is 7.90. The minimum Gasteiger partial charge on any atom is -0.303 e. The Hall–Kier alpha value is -2.58. The Morgan fingerprint density at radius 3 is 2.40 bits per heavy atom. The molecular weight excluding hydrogens is 338 g/mol. The van der Waals surface area contributed by atoms with Gasteiger partial charge in [-0.1, -0.05) is 30.3 Å². The Labute approximate surface area is 146 Å². The molecule has 1 heterocycles. The number of rotatable bonds is 6. The average molecular weight is 357 g/mol. The molecule has 0 saturated carbocycles. The molecule has 1 atom stereocenters. The summed E-state index contributed by atoms with van der Waals surface area (Å²) < 4.78 is 24.7. The van der Waals surface area contributed by atoms with E-state index in [2.05, 4.69) is 20.8 Å². The lowest BCUT2D eigenvalue weighted by atomic mass is 10.1. The smallest absolute Gasteiger partial charge is 0.175 e. The summed E-state index contributed by atoms with van der Waals surface area (Å²) in [4.78, 5) is 0.316. The highest BCUT2D eigenvalue weighted by Gasteiger charge is 2.12. The van der Waals surface area contributed by atoms with Gasteiger partial charge in [0.15, 0.2) is 15.7 Å². The molecule has 0 aliphatic rings. The van der Waals surface area contributed by atoms with Crippen LogP contribution in [0.2, 0.25) is 0 Å². The Balaban J connectivity index is 1.69. The Morgan fingerprint density at radius 1 is 1.08 bits per heavy atom. The summed E-state index contributed by atoms with van der Waals surface area (Å²) in [5.41, 5.74) is 1.89. The number of para-hydroxylation sites is 1. The largest absolute Gasteiger partial charge is 0.303 e. The van der Waals surface area contributed by atoms with Crippen molar-refractivity contribution in [2.45, 2.75) is 24.4 Å². The molecule has 1 aromatic heterocycles. The molecule has 0 saturated heterocycles. The van der Waals surface area contributed by atoms with Crippen molar-refractivity contribution in [1.82, 2.24) is 25.5 Å². The molecule has 25 heavy (non-hydrogen) atoms. The van der Waals surface area contributed by atoms with Gasteiger partial charge in [-0.05, 0) is 47.2 Å². The van der Waals surface area contributed by atoms with Gasteiger partial charge < -0.3 is 5.32 Å². The van der Waals surface area contributed by atoms with E-state index in [1.165, 1.54) is 6.26 Å². The molecule has 0 radical (unpaired) electrons. The molecule has 0 fully saturated rings. The van der Waals surface area contributed by atoms with Crippen LogP contribution in [-0.4, -0.2) is 34.9 Å². The number of nitrogens with zero attached hydrogens (tertiary/aromatic N) is 4. The summed E-state index contributed by atoms with van der Waals surface area (Å²) in [7, 11) is -3.18. The van der Waals surface area contributed by atoms with E-state index in [4.69, 9.17) is 0 Å². The number of hydrogen-bond acceptors (Lipinski definition) is 6. The van der Waals surface area contributed by atoms with Crippen LogP contribution in [0.4, 0.5) is 0 Å². The lowest BCUT2D eigenvalue weighted by Gasteiger charge is -2.14. The normalized spacial score (nSPS) is 12.9. The van der Waals surface area contributed by atoms with Gasteiger partial charge in [-0.15, -0.1) is 5.10 Å². The second-order valence-electron chi connectivity index (χ2n) is 5.79. The van der Waals surface area contributed by atoms with Crippen LogP contribution in [0.3, 0.4) is 0 Å². The first-order chi connectivity index (χ1) is 11.9. The molecule has 1 unspecified atom stereocenters. The molecule has 3 rings (SSSR count). The van der Waals surface area contributed by atoms with Crippen LogP contribution in [0.5, 0.6) is 0 Å². The SMILES string of the molecule is CC(NCc1nnnn1-c1ccccc1)c1ccc(S(C)(=O)=O)cc1. The maximum absolute atomic E-state index is 11.5. The third-order valence-electron chi connectivity index (χ3n) is 3.91. The molecular formula is C17H19N5O2S.